The van der Waals surface area contributed by atoms with E-state index in [0.29, 0.717) is 19.3 Å². The fourth-order valence-electron chi connectivity index (χ4n) is 9.98. The van der Waals surface area contributed by atoms with Crippen LogP contribution in [0.5, 0.6) is 0 Å². The minimum Gasteiger partial charge on any atom is -0.462 e. The molecule has 6 heteroatoms. The summed E-state index contributed by atoms with van der Waals surface area (Å²) in [5, 5.41) is 0. The average Bonchev–Trinajstić information content (AvgIpc) is 3.46. The van der Waals surface area contributed by atoms with E-state index in [1.54, 1.807) is 0 Å². The fraction of sp³-hybridized carbons (Fsp3) is 0.747. The van der Waals surface area contributed by atoms with Crippen LogP contribution in [0.3, 0.4) is 0 Å². The normalized spacial score (nSPS) is 12.7. The minimum atomic E-state index is -0.803. The second-order valence-corrected chi connectivity index (χ2v) is 23.0. The summed E-state index contributed by atoms with van der Waals surface area (Å²) in [6, 6.07) is 0. The van der Waals surface area contributed by atoms with Crippen molar-refractivity contribution in [2.45, 2.75) is 348 Å². The Kier molecular flexibility index (Phi) is 65.7. The van der Waals surface area contributed by atoms with E-state index >= 15 is 0 Å². The molecule has 1 atom stereocenters. The van der Waals surface area contributed by atoms with Gasteiger partial charge in [0.2, 0.25) is 0 Å². The second kappa shape index (κ2) is 68.8. The molecule has 0 radical (unpaired) electrons. The van der Waals surface area contributed by atoms with Gasteiger partial charge in [0.15, 0.2) is 6.10 Å². The lowest BCUT2D eigenvalue weighted by Gasteiger charge is -2.18. The lowest BCUT2D eigenvalue weighted by molar-refractivity contribution is -0.166. The minimum absolute atomic E-state index is 0.0938. The summed E-state index contributed by atoms with van der Waals surface area (Å²) in [4.78, 5) is 38.3. The van der Waals surface area contributed by atoms with E-state index in [9.17, 15) is 14.4 Å². The lowest BCUT2D eigenvalue weighted by atomic mass is 10.0. The number of allylic oxidation sites excluding steroid dienone is 16. The zero-order valence-corrected chi connectivity index (χ0v) is 53.5. The highest BCUT2D eigenvalue weighted by atomic mass is 16.6. The van der Waals surface area contributed by atoms with Crippen LogP contribution in [0.2, 0.25) is 0 Å². The van der Waals surface area contributed by atoms with Gasteiger partial charge < -0.3 is 14.2 Å². The van der Waals surface area contributed by atoms with Gasteiger partial charge in [-0.25, -0.2) is 0 Å². The van der Waals surface area contributed by atoms with Gasteiger partial charge in [-0.1, -0.05) is 336 Å². The highest BCUT2D eigenvalue weighted by Gasteiger charge is 2.19. The molecule has 81 heavy (non-hydrogen) atoms. The second-order valence-electron chi connectivity index (χ2n) is 23.0. The van der Waals surface area contributed by atoms with Gasteiger partial charge in [-0.2, -0.15) is 0 Å². The van der Waals surface area contributed by atoms with Crippen LogP contribution in [0.15, 0.2) is 97.2 Å². The van der Waals surface area contributed by atoms with Gasteiger partial charge in [0.05, 0.1) is 0 Å². The van der Waals surface area contributed by atoms with E-state index in [4.69, 9.17) is 14.2 Å². The molecule has 0 aromatic heterocycles. The number of esters is 3. The summed E-state index contributed by atoms with van der Waals surface area (Å²) in [6.45, 7) is 6.39. The molecule has 0 spiro atoms. The van der Waals surface area contributed by atoms with Crippen molar-refractivity contribution >= 4 is 17.9 Å². The SMILES string of the molecule is CC/C=C\C/C=C\C/C=C\C/C=C\CCCCCCCCCCCCCCCCCCCCCCCCC(=O)OCC(COC(=O)CC/C=C\C/C=C\C/C=C\C/C=C\CC)OC(=O)CCCCCCCCCCCCCCCCC. The Morgan fingerprint density at radius 3 is 0.827 bits per heavy atom. The van der Waals surface area contributed by atoms with Crippen molar-refractivity contribution in [1.29, 1.82) is 0 Å². The number of ether oxygens (including phenoxy) is 3. The van der Waals surface area contributed by atoms with E-state index in [-0.39, 0.29) is 37.5 Å². The molecule has 0 saturated heterocycles. The van der Waals surface area contributed by atoms with Crippen LogP contribution in [0.4, 0.5) is 0 Å². The van der Waals surface area contributed by atoms with Crippen LogP contribution in [0.25, 0.3) is 0 Å². The Morgan fingerprint density at radius 1 is 0.259 bits per heavy atom. The van der Waals surface area contributed by atoms with Gasteiger partial charge >= 0.3 is 17.9 Å². The Bertz CT molecular complexity index is 1580. The number of carbonyl (C=O) groups is 3. The van der Waals surface area contributed by atoms with Crippen LogP contribution in [0, 0.1) is 0 Å². The Morgan fingerprint density at radius 2 is 0.506 bits per heavy atom. The van der Waals surface area contributed by atoms with Crippen LogP contribution < -0.4 is 0 Å². The molecule has 0 N–H and O–H groups in total. The Hall–Kier alpha value is -3.67. The maximum atomic E-state index is 12.9. The first-order valence-corrected chi connectivity index (χ1v) is 34.7. The standard InChI is InChI=1S/C75H130O6/c1-4-7-10-13-16-19-22-25-27-28-29-30-31-32-33-34-35-36-37-38-39-40-41-42-43-44-45-46-48-50-53-56-59-62-65-68-74(77)80-71-72(70-79-73(76)67-64-61-58-55-52-49-24-21-18-15-12-9-6-3)81-75(78)69-66-63-60-57-54-51-47-26-23-20-17-14-11-8-5-2/h7,9-10,12,16,18-19,21,25,27,29-30,49,52,58,61,72H,4-6,8,11,13-15,17,20,22-24,26,28,31-48,50-51,53-57,59-60,62-71H2,1-3H3/b10-7-,12-9-,19-16-,21-18-,27-25-,30-29-,52-49-,61-58-. The van der Waals surface area contributed by atoms with Crippen molar-refractivity contribution in [2.24, 2.45) is 0 Å². The predicted octanol–water partition coefficient (Wildman–Crippen LogP) is 24.0. The molecule has 0 bridgehead atoms. The summed E-state index contributed by atoms with van der Waals surface area (Å²) in [7, 11) is 0. The van der Waals surface area contributed by atoms with Gasteiger partial charge in [0, 0.05) is 19.3 Å². The molecule has 0 aliphatic rings. The zero-order chi connectivity index (χ0) is 58.5. The zero-order valence-electron chi connectivity index (χ0n) is 53.5. The molecule has 0 heterocycles. The smallest absolute Gasteiger partial charge is 0.306 e. The van der Waals surface area contributed by atoms with Crippen LogP contribution >= 0.6 is 0 Å². The van der Waals surface area contributed by atoms with Crippen molar-refractivity contribution in [2.75, 3.05) is 13.2 Å². The van der Waals surface area contributed by atoms with Gasteiger partial charge in [0.1, 0.15) is 13.2 Å². The number of rotatable bonds is 63. The summed E-state index contributed by atoms with van der Waals surface area (Å²) in [5.41, 5.74) is 0. The van der Waals surface area contributed by atoms with E-state index in [0.717, 1.165) is 89.9 Å². The van der Waals surface area contributed by atoms with E-state index in [1.165, 1.54) is 205 Å². The van der Waals surface area contributed by atoms with E-state index < -0.39 is 6.10 Å². The largest absolute Gasteiger partial charge is 0.462 e. The molecule has 0 amide bonds. The molecular formula is C75H130O6. The molecule has 0 aliphatic heterocycles. The van der Waals surface area contributed by atoms with E-state index in [2.05, 4.69) is 112 Å². The monoisotopic (exact) mass is 1130 g/mol. The number of carbonyl (C=O) groups excluding carboxylic acids is 3. The van der Waals surface area contributed by atoms with Gasteiger partial charge in [-0.3, -0.25) is 14.4 Å². The van der Waals surface area contributed by atoms with Crippen molar-refractivity contribution in [3.05, 3.63) is 97.2 Å². The highest BCUT2D eigenvalue weighted by molar-refractivity contribution is 5.71. The molecule has 466 valence electrons. The molecular weight excluding hydrogens is 997 g/mol. The Balaban J connectivity index is 4.11. The number of hydrogen-bond acceptors (Lipinski definition) is 6. The topological polar surface area (TPSA) is 78.9 Å². The lowest BCUT2D eigenvalue weighted by Crippen LogP contribution is -2.30. The molecule has 6 nitrogen and oxygen atoms in total. The van der Waals surface area contributed by atoms with Crippen LogP contribution in [-0.2, 0) is 28.6 Å². The first-order chi connectivity index (χ1) is 40.0. The molecule has 0 rings (SSSR count). The number of unbranched alkanes of at least 4 members (excludes halogenated alkanes) is 36. The average molecular weight is 1130 g/mol. The molecule has 0 aromatic carbocycles. The third kappa shape index (κ3) is 67.0. The number of hydrogen-bond donors (Lipinski definition) is 0. The third-order valence-corrected chi connectivity index (χ3v) is 15.1. The highest BCUT2D eigenvalue weighted by Crippen LogP contribution is 2.18. The van der Waals surface area contributed by atoms with Gasteiger partial charge in [-0.15, -0.1) is 0 Å². The van der Waals surface area contributed by atoms with Crippen molar-refractivity contribution in [3.8, 4) is 0 Å². The Labute approximate surface area is 502 Å². The summed E-state index contributed by atoms with van der Waals surface area (Å²) < 4.78 is 16.9. The third-order valence-electron chi connectivity index (χ3n) is 15.1. The van der Waals surface area contributed by atoms with E-state index in [1.807, 2.05) is 6.08 Å². The van der Waals surface area contributed by atoms with Crippen LogP contribution in [-0.4, -0.2) is 37.2 Å². The molecule has 0 aliphatic carbocycles. The summed E-state index contributed by atoms with van der Waals surface area (Å²) in [5.74, 6) is -0.962. The molecule has 1 unspecified atom stereocenters. The van der Waals surface area contributed by atoms with Crippen molar-refractivity contribution < 1.29 is 28.6 Å². The predicted molar refractivity (Wildman–Crippen MR) is 353 cm³/mol. The van der Waals surface area contributed by atoms with Crippen LogP contribution in [0.1, 0.15) is 342 Å². The molecule has 0 fully saturated rings. The fourth-order valence-corrected chi connectivity index (χ4v) is 9.98. The molecule has 0 aromatic rings. The first-order valence-electron chi connectivity index (χ1n) is 34.7. The maximum absolute atomic E-state index is 12.9. The quantitative estimate of drug-likeness (QED) is 0.0261. The molecule has 0 saturated carbocycles. The first kappa shape index (κ1) is 77.3. The summed E-state index contributed by atoms with van der Waals surface area (Å²) >= 11 is 0. The van der Waals surface area contributed by atoms with Crippen molar-refractivity contribution in [3.63, 3.8) is 0 Å². The van der Waals surface area contributed by atoms with Gasteiger partial charge in [0.25, 0.3) is 0 Å². The maximum Gasteiger partial charge on any atom is 0.306 e. The summed E-state index contributed by atoms with van der Waals surface area (Å²) in [6.07, 6.45) is 93.3. The van der Waals surface area contributed by atoms with Gasteiger partial charge in [-0.05, 0) is 83.5 Å². The van der Waals surface area contributed by atoms with Crippen molar-refractivity contribution in [1.82, 2.24) is 0 Å².